The lowest BCUT2D eigenvalue weighted by atomic mass is 9.92. The quantitative estimate of drug-likeness (QED) is 0.715. The van der Waals surface area contributed by atoms with Crippen LogP contribution in [0.2, 0.25) is 5.02 Å². The Morgan fingerprint density at radius 2 is 1.50 bits per heavy atom. The standard InChI is InChI=1S/C19H19ClFNO4/c1-5-25-18(23)14-10(3)22-11(4)15(19(24)26-6-2)17(14)16-12(20)8-7-9-13(16)21/h7-9H,5-6H2,1-4H3. The molecular weight excluding hydrogens is 361 g/mol. The Morgan fingerprint density at radius 3 is 1.92 bits per heavy atom. The molecule has 0 aliphatic rings. The minimum atomic E-state index is -0.711. The molecular formula is C19H19ClFNO4. The van der Waals surface area contributed by atoms with E-state index in [4.69, 9.17) is 21.1 Å². The van der Waals surface area contributed by atoms with Crippen LogP contribution in [0.25, 0.3) is 11.1 Å². The summed E-state index contributed by atoms with van der Waals surface area (Å²) in [5, 5.41) is 0.0612. The first-order valence-electron chi connectivity index (χ1n) is 8.13. The van der Waals surface area contributed by atoms with Gasteiger partial charge in [-0.2, -0.15) is 0 Å². The van der Waals surface area contributed by atoms with E-state index in [1.165, 1.54) is 18.2 Å². The highest BCUT2D eigenvalue weighted by Crippen LogP contribution is 2.38. The largest absolute Gasteiger partial charge is 0.462 e. The number of halogens is 2. The molecule has 2 rings (SSSR count). The fraction of sp³-hybridized carbons (Fsp3) is 0.316. The molecule has 0 atom stereocenters. The summed E-state index contributed by atoms with van der Waals surface area (Å²) in [5.41, 5.74) is 0.579. The van der Waals surface area contributed by atoms with Crippen LogP contribution in [-0.2, 0) is 9.47 Å². The van der Waals surface area contributed by atoms with Gasteiger partial charge in [-0.3, -0.25) is 4.98 Å². The summed E-state index contributed by atoms with van der Waals surface area (Å²) < 4.78 is 24.8. The van der Waals surface area contributed by atoms with E-state index < -0.39 is 17.8 Å². The van der Waals surface area contributed by atoms with Gasteiger partial charge in [-0.1, -0.05) is 17.7 Å². The normalized spacial score (nSPS) is 10.5. The fourth-order valence-electron chi connectivity index (χ4n) is 2.74. The van der Waals surface area contributed by atoms with E-state index in [2.05, 4.69) is 4.98 Å². The summed E-state index contributed by atoms with van der Waals surface area (Å²) in [4.78, 5) is 29.4. The number of hydrogen-bond acceptors (Lipinski definition) is 5. The average Bonchev–Trinajstić information content (AvgIpc) is 2.54. The molecule has 7 heteroatoms. The third-order valence-electron chi connectivity index (χ3n) is 3.73. The Morgan fingerprint density at radius 1 is 1.00 bits per heavy atom. The van der Waals surface area contributed by atoms with Gasteiger partial charge < -0.3 is 9.47 Å². The third-order valence-corrected chi connectivity index (χ3v) is 4.05. The molecule has 0 aliphatic carbocycles. The van der Waals surface area contributed by atoms with Crippen LogP contribution in [0, 0.1) is 19.7 Å². The summed E-state index contributed by atoms with van der Waals surface area (Å²) in [6, 6.07) is 4.13. The molecule has 1 aromatic carbocycles. The number of nitrogens with zero attached hydrogens (tertiary/aromatic N) is 1. The minimum Gasteiger partial charge on any atom is -0.462 e. The second-order valence-corrected chi connectivity index (χ2v) is 5.85. The van der Waals surface area contributed by atoms with Gasteiger partial charge in [0, 0.05) is 11.1 Å². The Labute approximate surface area is 156 Å². The van der Waals surface area contributed by atoms with E-state index in [0.717, 1.165) is 0 Å². The zero-order valence-corrected chi connectivity index (χ0v) is 15.7. The predicted octanol–water partition coefficient (Wildman–Crippen LogP) is 4.51. The van der Waals surface area contributed by atoms with Crippen molar-refractivity contribution >= 4 is 23.5 Å². The van der Waals surface area contributed by atoms with Crippen LogP contribution < -0.4 is 0 Å². The first-order chi connectivity index (χ1) is 12.3. The highest BCUT2D eigenvalue weighted by molar-refractivity contribution is 6.34. The summed E-state index contributed by atoms with van der Waals surface area (Å²) >= 11 is 6.21. The molecule has 138 valence electrons. The van der Waals surface area contributed by atoms with Gasteiger partial charge >= 0.3 is 11.9 Å². The first kappa shape index (κ1) is 19.8. The number of carbonyl (C=O) groups excluding carboxylic acids is 2. The number of esters is 2. The van der Waals surface area contributed by atoms with E-state index in [1.54, 1.807) is 27.7 Å². The third kappa shape index (κ3) is 3.70. The van der Waals surface area contributed by atoms with Crippen LogP contribution in [0.3, 0.4) is 0 Å². The summed E-state index contributed by atoms with van der Waals surface area (Å²) in [6.07, 6.45) is 0. The average molecular weight is 380 g/mol. The van der Waals surface area contributed by atoms with Crippen molar-refractivity contribution in [1.82, 2.24) is 4.98 Å². The van der Waals surface area contributed by atoms with Crippen molar-refractivity contribution in [2.24, 2.45) is 0 Å². The van der Waals surface area contributed by atoms with Crippen LogP contribution in [0.5, 0.6) is 0 Å². The highest BCUT2D eigenvalue weighted by Gasteiger charge is 2.30. The van der Waals surface area contributed by atoms with E-state index >= 15 is 0 Å². The van der Waals surface area contributed by atoms with Crippen molar-refractivity contribution in [1.29, 1.82) is 0 Å². The minimum absolute atomic E-state index is 0.00694. The van der Waals surface area contributed by atoms with Gasteiger partial charge in [0.2, 0.25) is 0 Å². The Balaban J connectivity index is 2.96. The molecule has 1 aromatic heterocycles. The van der Waals surface area contributed by atoms with E-state index in [1.807, 2.05) is 0 Å². The molecule has 0 spiro atoms. The number of hydrogen-bond donors (Lipinski definition) is 0. The second-order valence-electron chi connectivity index (χ2n) is 5.45. The van der Waals surface area contributed by atoms with Crippen LogP contribution >= 0.6 is 11.6 Å². The van der Waals surface area contributed by atoms with Gasteiger partial charge in [0.1, 0.15) is 5.82 Å². The Hall–Kier alpha value is -2.47. The lowest BCUT2D eigenvalue weighted by Crippen LogP contribution is -2.18. The molecule has 0 amide bonds. The van der Waals surface area contributed by atoms with Gasteiger partial charge in [-0.15, -0.1) is 0 Å². The molecule has 0 bridgehead atoms. The SMILES string of the molecule is CCOC(=O)c1c(C)nc(C)c(C(=O)OCC)c1-c1c(F)cccc1Cl. The maximum Gasteiger partial charge on any atom is 0.340 e. The Bertz CT molecular complexity index is 805. The van der Waals surface area contributed by atoms with Crippen molar-refractivity contribution < 1.29 is 23.5 Å². The van der Waals surface area contributed by atoms with Crippen molar-refractivity contribution in [2.75, 3.05) is 13.2 Å². The van der Waals surface area contributed by atoms with Crippen LogP contribution in [0.15, 0.2) is 18.2 Å². The lowest BCUT2D eigenvalue weighted by molar-refractivity contribution is 0.0525. The zero-order chi connectivity index (χ0) is 19.4. The maximum absolute atomic E-state index is 14.6. The molecule has 0 aliphatic heterocycles. The van der Waals surface area contributed by atoms with Crippen molar-refractivity contribution in [2.45, 2.75) is 27.7 Å². The van der Waals surface area contributed by atoms with Crippen LogP contribution in [0.4, 0.5) is 4.39 Å². The van der Waals surface area contributed by atoms with Crippen molar-refractivity contribution in [3.63, 3.8) is 0 Å². The summed E-state index contributed by atoms with van der Waals surface area (Å²) in [5.74, 6) is -2.09. The van der Waals surface area contributed by atoms with Gasteiger partial charge in [0.15, 0.2) is 0 Å². The number of pyridine rings is 1. The number of ether oxygens (including phenoxy) is 2. The van der Waals surface area contributed by atoms with Crippen LogP contribution in [-0.4, -0.2) is 30.1 Å². The second kappa shape index (κ2) is 8.27. The number of carbonyl (C=O) groups is 2. The van der Waals surface area contributed by atoms with Crippen molar-refractivity contribution in [3.05, 3.63) is 51.6 Å². The summed E-state index contributed by atoms with van der Waals surface area (Å²) in [7, 11) is 0. The first-order valence-corrected chi connectivity index (χ1v) is 8.51. The number of aromatic nitrogens is 1. The highest BCUT2D eigenvalue weighted by atomic mass is 35.5. The predicted molar refractivity (Wildman–Crippen MR) is 96.0 cm³/mol. The molecule has 0 saturated carbocycles. The number of rotatable bonds is 5. The smallest absolute Gasteiger partial charge is 0.340 e. The summed E-state index contributed by atoms with van der Waals surface area (Å²) in [6.45, 7) is 6.71. The zero-order valence-electron chi connectivity index (χ0n) is 15.0. The number of benzene rings is 1. The fourth-order valence-corrected chi connectivity index (χ4v) is 3.00. The molecule has 0 radical (unpaired) electrons. The van der Waals surface area contributed by atoms with Gasteiger partial charge in [-0.05, 0) is 39.8 Å². The molecule has 2 aromatic rings. The topological polar surface area (TPSA) is 65.5 Å². The van der Waals surface area contributed by atoms with E-state index in [-0.39, 0.29) is 40.5 Å². The molecule has 0 N–H and O–H groups in total. The van der Waals surface area contributed by atoms with Crippen LogP contribution in [0.1, 0.15) is 46.0 Å². The van der Waals surface area contributed by atoms with E-state index in [9.17, 15) is 14.0 Å². The molecule has 0 unspecified atom stereocenters. The molecule has 1 heterocycles. The maximum atomic E-state index is 14.6. The lowest BCUT2D eigenvalue weighted by Gasteiger charge is -2.18. The molecule has 0 fully saturated rings. The monoisotopic (exact) mass is 379 g/mol. The molecule has 26 heavy (non-hydrogen) atoms. The van der Waals surface area contributed by atoms with E-state index in [0.29, 0.717) is 11.4 Å². The van der Waals surface area contributed by atoms with Gasteiger partial charge in [-0.25, -0.2) is 14.0 Å². The van der Waals surface area contributed by atoms with Gasteiger partial charge in [0.25, 0.3) is 0 Å². The van der Waals surface area contributed by atoms with Crippen molar-refractivity contribution in [3.8, 4) is 11.1 Å². The number of aryl methyl sites for hydroxylation is 2. The van der Waals surface area contributed by atoms with Gasteiger partial charge in [0.05, 0.1) is 40.8 Å². The molecule has 5 nitrogen and oxygen atoms in total. The molecule has 0 saturated heterocycles. The Kier molecular flexibility index (Phi) is 6.32.